The van der Waals surface area contributed by atoms with Crippen molar-refractivity contribution >= 4 is 11.6 Å². The summed E-state index contributed by atoms with van der Waals surface area (Å²) in [5.41, 5.74) is 1.89. The first kappa shape index (κ1) is 27.3. The molecular weight excluding hydrogens is 531 g/mol. The number of anilines is 1. The molecule has 1 heterocycles. The zero-order valence-electron chi connectivity index (χ0n) is 21.4. The number of nitrogens with one attached hydrogen (secondary N) is 2. The van der Waals surface area contributed by atoms with Gasteiger partial charge in [0.25, 0.3) is 5.91 Å². The lowest BCUT2D eigenvalue weighted by molar-refractivity contribution is -0.246. The van der Waals surface area contributed by atoms with Crippen LogP contribution in [0.5, 0.6) is 0 Å². The van der Waals surface area contributed by atoms with E-state index >= 15 is 0 Å². The van der Waals surface area contributed by atoms with Crippen LogP contribution in [0.25, 0.3) is 22.3 Å². The van der Waals surface area contributed by atoms with Crippen molar-refractivity contribution in [3.05, 3.63) is 95.8 Å². The van der Waals surface area contributed by atoms with Crippen LogP contribution in [-0.4, -0.2) is 27.0 Å². The van der Waals surface area contributed by atoms with Crippen molar-refractivity contribution in [3.8, 4) is 22.3 Å². The quantitative estimate of drug-likeness (QED) is 0.183. The number of aliphatic hydroxyl groups is 1. The number of alkyl halides is 3. The zero-order valence-corrected chi connectivity index (χ0v) is 21.4. The maximum Gasteiger partial charge on any atom is 0.425 e. The Morgan fingerprint density at radius 1 is 1.00 bits per heavy atom. The summed E-state index contributed by atoms with van der Waals surface area (Å²) in [7, 11) is 0. The van der Waals surface area contributed by atoms with E-state index in [9.17, 15) is 31.9 Å². The SMILES string of the molecule is CC(C)CC(C(=O)NNc1ccc(F)cc1)n1cc(-c2cc(F)cc3c2-c2ccccc2C3(O)C(F)(F)F)cn1. The van der Waals surface area contributed by atoms with Gasteiger partial charge in [0.1, 0.15) is 17.7 Å². The Bertz CT molecular complexity index is 1570. The average molecular weight is 557 g/mol. The summed E-state index contributed by atoms with van der Waals surface area (Å²) < 4.78 is 72.1. The average Bonchev–Trinajstić information content (AvgIpc) is 3.49. The molecule has 0 bridgehead atoms. The fourth-order valence-corrected chi connectivity index (χ4v) is 5.06. The lowest BCUT2D eigenvalue weighted by atomic mass is 9.89. The third-order valence-electron chi connectivity index (χ3n) is 6.89. The maximum atomic E-state index is 14.8. The van der Waals surface area contributed by atoms with E-state index in [4.69, 9.17) is 0 Å². The molecule has 0 saturated heterocycles. The second-order valence-electron chi connectivity index (χ2n) is 10.1. The van der Waals surface area contributed by atoms with Crippen molar-refractivity contribution in [2.24, 2.45) is 5.92 Å². The molecular formula is C29H25F5N4O2. The molecule has 0 fully saturated rings. The fourth-order valence-electron chi connectivity index (χ4n) is 5.06. The molecule has 2 atom stereocenters. The van der Waals surface area contributed by atoms with E-state index in [0.29, 0.717) is 18.2 Å². The van der Waals surface area contributed by atoms with Crippen LogP contribution in [-0.2, 0) is 10.4 Å². The number of fused-ring (bicyclic) bond motifs is 3. The molecule has 1 amide bonds. The molecule has 0 saturated carbocycles. The van der Waals surface area contributed by atoms with Crippen LogP contribution >= 0.6 is 0 Å². The molecule has 1 aliphatic carbocycles. The Kier molecular flexibility index (Phi) is 6.87. The number of benzene rings is 3. The molecule has 3 aromatic carbocycles. The van der Waals surface area contributed by atoms with Gasteiger partial charge in [0.2, 0.25) is 5.60 Å². The van der Waals surface area contributed by atoms with E-state index in [1.54, 1.807) is 6.07 Å². The number of carbonyl (C=O) groups excluding carboxylic acids is 1. The molecule has 40 heavy (non-hydrogen) atoms. The first-order chi connectivity index (χ1) is 18.9. The predicted molar refractivity (Wildman–Crippen MR) is 139 cm³/mol. The lowest BCUT2D eigenvalue weighted by Gasteiger charge is -2.28. The standard InChI is InChI=1S/C29H25F5N4O2/c1-16(2)11-25(27(39)37-36-20-9-7-18(30)8-10-20)38-15-17(14-35-38)22-12-19(31)13-24-26(22)21-5-3-4-6-23(21)28(24,40)29(32,33)34/h3-10,12-16,25,36,40H,11H2,1-2H3,(H,37,39). The van der Waals surface area contributed by atoms with Gasteiger partial charge in [-0.3, -0.25) is 20.3 Å². The number of hydrogen-bond donors (Lipinski definition) is 3. The van der Waals surface area contributed by atoms with Crippen molar-refractivity contribution in [2.45, 2.75) is 38.1 Å². The summed E-state index contributed by atoms with van der Waals surface area (Å²) in [6.07, 6.45) is -1.94. The van der Waals surface area contributed by atoms with Crippen LogP contribution in [0.15, 0.2) is 73.1 Å². The van der Waals surface area contributed by atoms with Crippen molar-refractivity contribution in [1.29, 1.82) is 0 Å². The normalized spacial score (nSPS) is 16.9. The van der Waals surface area contributed by atoms with Gasteiger partial charge in [-0.1, -0.05) is 38.1 Å². The molecule has 1 aromatic heterocycles. The van der Waals surface area contributed by atoms with Gasteiger partial charge < -0.3 is 5.11 Å². The summed E-state index contributed by atoms with van der Waals surface area (Å²) in [5.74, 6) is -1.80. The summed E-state index contributed by atoms with van der Waals surface area (Å²) in [5, 5.41) is 15.3. The number of carbonyl (C=O) groups is 1. The summed E-state index contributed by atoms with van der Waals surface area (Å²) in [4.78, 5) is 13.1. The molecule has 6 nitrogen and oxygen atoms in total. The predicted octanol–water partition coefficient (Wildman–Crippen LogP) is 6.34. The first-order valence-corrected chi connectivity index (χ1v) is 12.5. The smallest absolute Gasteiger partial charge is 0.372 e. The van der Waals surface area contributed by atoms with Crippen LogP contribution < -0.4 is 10.9 Å². The fraction of sp³-hybridized carbons (Fsp3) is 0.241. The van der Waals surface area contributed by atoms with Crippen LogP contribution in [0.2, 0.25) is 0 Å². The summed E-state index contributed by atoms with van der Waals surface area (Å²) in [6, 6.07) is 11.9. The van der Waals surface area contributed by atoms with E-state index in [1.165, 1.54) is 59.5 Å². The summed E-state index contributed by atoms with van der Waals surface area (Å²) >= 11 is 0. The van der Waals surface area contributed by atoms with E-state index in [0.717, 1.165) is 6.07 Å². The number of aromatic nitrogens is 2. The van der Waals surface area contributed by atoms with Crippen LogP contribution in [0.3, 0.4) is 0 Å². The van der Waals surface area contributed by atoms with Gasteiger partial charge in [-0.2, -0.15) is 18.3 Å². The Balaban J connectivity index is 1.54. The minimum atomic E-state index is -5.11. The van der Waals surface area contributed by atoms with E-state index in [2.05, 4.69) is 16.0 Å². The highest BCUT2D eigenvalue weighted by Gasteiger charge is 2.61. The van der Waals surface area contributed by atoms with E-state index in [1.807, 2.05) is 13.8 Å². The highest BCUT2D eigenvalue weighted by Crippen LogP contribution is 2.57. The Hall–Kier alpha value is -4.25. The molecule has 208 valence electrons. The van der Waals surface area contributed by atoms with Crippen molar-refractivity contribution in [3.63, 3.8) is 0 Å². The van der Waals surface area contributed by atoms with Gasteiger partial charge in [0, 0.05) is 22.9 Å². The van der Waals surface area contributed by atoms with E-state index < -0.39 is 40.9 Å². The number of hydrogen-bond acceptors (Lipinski definition) is 4. The summed E-state index contributed by atoms with van der Waals surface area (Å²) in [6.45, 7) is 3.82. The molecule has 11 heteroatoms. The second-order valence-corrected chi connectivity index (χ2v) is 10.1. The minimum absolute atomic E-state index is 0.0409. The van der Waals surface area contributed by atoms with Crippen LogP contribution in [0, 0.1) is 17.6 Å². The number of rotatable bonds is 7. The lowest BCUT2D eigenvalue weighted by Crippen LogP contribution is -2.41. The third kappa shape index (κ3) is 4.70. The third-order valence-corrected chi connectivity index (χ3v) is 6.89. The largest absolute Gasteiger partial charge is 0.425 e. The topological polar surface area (TPSA) is 79.2 Å². The van der Waals surface area contributed by atoms with Gasteiger partial charge in [-0.15, -0.1) is 0 Å². The molecule has 1 aliphatic rings. The van der Waals surface area contributed by atoms with Gasteiger partial charge >= 0.3 is 6.18 Å². The van der Waals surface area contributed by atoms with E-state index in [-0.39, 0.29) is 33.7 Å². The van der Waals surface area contributed by atoms with Gasteiger partial charge in [0.05, 0.1) is 11.9 Å². The number of halogens is 5. The van der Waals surface area contributed by atoms with Gasteiger partial charge in [-0.25, -0.2) is 8.78 Å². The minimum Gasteiger partial charge on any atom is -0.372 e. The highest BCUT2D eigenvalue weighted by molar-refractivity contribution is 5.92. The number of amides is 1. The molecule has 0 spiro atoms. The molecule has 3 N–H and O–H groups in total. The molecule has 0 radical (unpaired) electrons. The maximum absolute atomic E-state index is 14.8. The number of nitrogens with zero attached hydrogens (tertiary/aromatic N) is 2. The van der Waals surface area contributed by atoms with Crippen LogP contribution in [0.4, 0.5) is 27.6 Å². The zero-order chi connectivity index (χ0) is 28.8. The number of hydrazine groups is 1. The Morgan fingerprint density at radius 2 is 1.70 bits per heavy atom. The van der Waals surface area contributed by atoms with Crippen molar-refractivity contribution in [2.75, 3.05) is 5.43 Å². The second kappa shape index (κ2) is 10.1. The molecule has 5 rings (SSSR count). The molecule has 0 aliphatic heterocycles. The van der Waals surface area contributed by atoms with Crippen LogP contribution in [0.1, 0.15) is 37.4 Å². The van der Waals surface area contributed by atoms with Crippen molar-refractivity contribution in [1.82, 2.24) is 15.2 Å². The van der Waals surface area contributed by atoms with Crippen molar-refractivity contribution < 1.29 is 31.9 Å². The monoisotopic (exact) mass is 556 g/mol. The Labute approximate surface area is 226 Å². The Morgan fingerprint density at radius 3 is 2.38 bits per heavy atom. The first-order valence-electron chi connectivity index (χ1n) is 12.5. The highest BCUT2D eigenvalue weighted by atomic mass is 19.4. The molecule has 4 aromatic rings. The molecule has 2 unspecified atom stereocenters. The van der Waals surface area contributed by atoms with Gasteiger partial charge in [-0.05, 0) is 65.4 Å². The van der Waals surface area contributed by atoms with Gasteiger partial charge in [0.15, 0.2) is 0 Å².